The number of ether oxygens (including phenoxy) is 1. The van der Waals surface area contributed by atoms with E-state index in [1.165, 1.54) is 0 Å². The van der Waals surface area contributed by atoms with Gasteiger partial charge in [0.2, 0.25) is 5.91 Å². The van der Waals surface area contributed by atoms with Gasteiger partial charge in [0.05, 0.1) is 12.7 Å². The number of allylic oxidation sites excluding steroid dienone is 1. The molecule has 0 saturated carbocycles. The van der Waals surface area contributed by atoms with E-state index in [0.717, 1.165) is 11.1 Å². The molecule has 1 unspecified atom stereocenters. The highest BCUT2D eigenvalue weighted by Crippen LogP contribution is 2.16. The zero-order valence-corrected chi connectivity index (χ0v) is 15.6. The molecule has 27 heavy (non-hydrogen) atoms. The summed E-state index contributed by atoms with van der Waals surface area (Å²) in [6.07, 6.45) is 1.63. The minimum Gasteiger partial charge on any atom is -0.375 e. The van der Waals surface area contributed by atoms with Gasteiger partial charge in [-0.05, 0) is 49.2 Å². The summed E-state index contributed by atoms with van der Waals surface area (Å²) in [5, 5.41) is 2.84. The predicted molar refractivity (Wildman–Crippen MR) is 106 cm³/mol. The highest BCUT2D eigenvalue weighted by atomic mass is 16.5. The van der Waals surface area contributed by atoms with Crippen LogP contribution in [0.1, 0.15) is 29.8 Å². The predicted octanol–water partition coefficient (Wildman–Crippen LogP) is 3.59. The zero-order chi connectivity index (χ0) is 19.2. The molecule has 1 aliphatic heterocycles. The maximum Gasteiger partial charge on any atom is 0.254 e. The quantitative estimate of drug-likeness (QED) is 0.844. The minimum atomic E-state index is -0.197. The molecular weight excluding hydrogens is 340 g/mol. The van der Waals surface area contributed by atoms with Crippen LogP contribution in [0.5, 0.6) is 0 Å². The summed E-state index contributed by atoms with van der Waals surface area (Å²) in [5.41, 5.74) is 3.16. The van der Waals surface area contributed by atoms with E-state index >= 15 is 0 Å². The largest absolute Gasteiger partial charge is 0.375 e. The fourth-order valence-electron chi connectivity index (χ4n) is 3.04. The van der Waals surface area contributed by atoms with Gasteiger partial charge in [0.15, 0.2) is 0 Å². The summed E-state index contributed by atoms with van der Waals surface area (Å²) in [7, 11) is 0. The molecule has 140 valence electrons. The third-order valence-corrected chi connectivity index (χ3v) is 4.50. The second-order valence-corrected chi connectivity index (χ2v) is 6.69. The number of nitrogens with zero attached hydrogens (tertiary/aromatic N) is 1. The van der Waals surface area contributed by atoms with E-state index in [2.05, 4.69) is 5.32 Å². The second-order valence-electron chi connectivity index (χ2n) is 6.69. The topological polar surface area (TPSA) is 58.6 Å². The van der Waals surface area contributed by atoms with E-state index in [9.17, 15) is 9.59 Å². The number of carbonyl (C=O) groups excluding carboxylic acids is 2. The van der Waals surface area contributed by atoms with Gasteiger partial charge < -0.3 is 15.0 Å². The van der Waals surface area contributed by atoms with E-state index in [4.69, 9.17) is 4.74 Å². The van der Waals surface area contributed by atoms with Crippen LogP contribution in [0.2, 0.25) is 0 Å². The lowest BCUT2D eigenvalue weighted by Gasteiger charge is -2.31. The fraction of sp³-hybridized carbons (Fsp3) is 0.273. The first-order chi connectivity index (χ1) is 13.0. The molecule has 1 saturated heterocycles. The molecule has 1 fully saturated rings. The summed E-state index contributed by atoms with van der Waals surface area (Å²) >= 11 is 0. The Morgan fingerprint density at radius 3 is 2.44 bits per heavy atom. The minimum absolute atomic E-state index is 0.0113. The lowest BCUT2D eigenvalue weighted by atomic mass is 10.1. The highest BCUT2D eigenvalue weighted by Gasteiger charge is 2.22. The highest BCUT2D eigenvalue weighted by molar-refractivity contribution is 6.04. The molecule has 1 heterocycles. The van der Waals surface area contributed by atoms with Gasteiger partial charge in [-0.1, -0.05) is 30.3 Å². The number of hydrogen-bond donors (Lipinski definition) is 1. The van der Waals surface area contributed by atoms with Crippen LogP contribution in [0.15, 0.2) is 60.7 Å². The Morgan fingerprint density at radius 1 is 1.07 bits per heavy atom. The van der Waals surface area contributed by atoms with Gasteiger partial charge in [-0.2, -0.15) is 0 Å². The molecule has 5 nitrogen and oxygen atoms in total. The van der Waals surface area contributed by atoms with Crippen LogP contribution in [0.3, 0.4) is 0 Å². The van der Waals surface area contributed by atoms with Crippen molar-refractivity contribution in [1.82, 2.24) is 4.90 Å². The first-order valence-corrected chi connectivity index (χ1v) is 9.08. The molecule has 0 bridgehead atoms. The van der Waals surface area contributed by atoms with E-state index in [1.807, 2.05) is 44.2 Å². The Balaban J connectivity index is 1.62. The summed E-state index contributed by atoms with van der Waals surface area (Å²) in [6.45, 7) is 5.63. The van der Waals surface area contributed by atoms with Crippen LogP contribution in [0, 0.1) is 0 Å². The lowest BCUT2D eigenvalue weighted by Crippen LogP contribution is -2.44. The third-order valence-electron chi connectivity index (χ3n) is 4.50. The molecule has 2 amide bonds. The number of anilines is 1. The normalized spacial score (nSPS) is 17.5. The van der Waals surface area contributed by atoms with Gasteiger partial charge in [-0.3, -0.25) is 9.59 Å². The number of amides is 2. The number of rotatable bonds is 4. The van der Waals surface area contributed by atoms with Crippen molar-refractivity contribution in [2.24, 2.45) is 0 Å². The van der Waals surface area contributed by atoms with Crippen molar-refractivity contribution in [2.75, 3.05) is 25.0 Å². The van der Waals surface area contributed by atoms with Crippen LogP contribution in [-0.2, 0) is 9.53 Å². The first kappa shape index (κ1) is 18.9. The number of benzene rings is 2. The molecule has 1 atom stereocenters. The molecule has 1 aliphatic rings. The molecule has 1 N–H and O–H groups in total. The van der Waals surface area contributed by atoms with Crippen molar-refractivity contribution in [3.63, 3.8) is 0 Å². The van der Waals surface area contributed by atoms with E-state index in [0.29, 0.717) is 30.9 Å². The van der Waals surface area contributed by atoms with Gasteiger partial charge in [0.1, 0.15) is 0 Å². The molecule has 5 heteroatoms. The van der Waals surface area contributed by atoms with Crippen LogP contribution in [0.4, 0.5) is 5.69 Å². The third kappa shape index (κ3) is 5.05. The number of hydrogen-bond acceptors (Lipinski definition) is 3. The van der Waals surface area contributed by atoms with Crippen LogP contribution in [-0.4, -0.2) is 42.5 Å². The van der Waals surface area contributed by atoms with Crippen LogP contribution < -0.4 is 5.32 Å². The molecule has 2 aromatic rings. The Kier molecular flexibility index (Phi) is 6.04. The van der Waals surface area contributed by atoms with Gasteiger partial charge in [0.25, 0.3) is 5.91 Å². The zero-order valence-electron chi connectivity index (χ0n) is 15.6. The SMILES string of the molecule is C/C(=C\C(=O)Nc1ccc(C(=O)N2CCOC(C)C2)cc1)c1ccccc1. The molecular formula is C22H24N2O3. The first-order valence-electron chi connectivity index (χ1n) is 9.08. The maximum atomic E-state index is 12.6. The fourth-order valence-corrected chi connectivity index (χ4v) is 3.04. The van der Waals surface area contributed by atoms with Crippen molar-refractivity contribution in [3.05, 3.63) is 71.8 Å². The smallest absolute Gasteiger partial charge is 0.254 e. The second kappa shape index (κ2) is 8.64. The van der Waals surface area contributed by atoms with Crippen molar-refractivity contribution in [2.45, 2.75) is 20.0 Å². The average Bonchev–Trinajstić information content (AvgIpc) is 2.68. The molecule has 0 aromatic heterocycles. The van der Waals surface area contributed by atoms with E-state index in [1.54, 1.807) is 35.2 Å². The lowest BCUT2D eigenvalue weighted by molar-refractivity contribution is -0.111. The summed E-state index contributed by atoms with van der Waals surface area (Å²) in [4.78, 5) is 26.6. The van der Waals surface area contributed by atoms with Crippen LogP contribution >= 0.6 is 0 Å². The standard InChI is InChI=1S/C22H24N2O3/c1-16(18-6-4-3-5-7-18)14-21(25)23-20-10-8-19(9-11-20)22(26)24-12-13-27-17(2)15-24/h3-11,14,17H,12-13,15H2,1-2H3,(H,23,25)/b16-14+. The summed E-state index contributed by atoms with van der Waals surface area (Å²) in [5.74, 6) is -0.208. The van der Waals surface area contributed by atoms with Crippen LogP contribution in [0.25, 0.3) is 5.57 Å². The van der Waals surface area contributed by atoms with Gasteiger partial charge >= 0.3 is 0 Å². The van der Waals surface area contributed by atoms with Gasteiger partial charge in [0, 0.05) is 30.4 Å². The molecule has 0 spiro atoms. The molecule has 0 aliphatic carbocycles. The molecule has 2 aromatic carbocycles. The summed E-state index contributed by atoms with van der Waals surface area (Å²) in [6, 6.07) is 16.7. The Morgan fingerprint density at radius 2 is 1.78 bits per heavy atom. The molecule has 0 radical (unpaired) electrons. The number of carbonyl (C=O) groups is 2. The molecule has 3 rings (SSSR count). The summed E-state index contributed by atoms with van der Waals surface area (Å²) < 4.78 is 5.47. The average molecular weight is 364 g/mol. The van der Waals surface area contributed by atoms with E-state index < -0.39 is 0 Å². The monoisotopic (exact) mass is 364 g/mol. The maximum absolute atomic E-state index is 12.6. The number of nitrogens with one attached hydrogen (secondary N) is 1. The van der Waals surface area contributed by atoms with Crippen molar-refractivity contribution >= 4 is 23.1 Å². The van der Waals surface area contributed by atoms with Gasteiger partial charge in [-0.25, -0.2) is 0 Å². The number of morpholine rings is 1. The van der Waals surface area contributed by atoms with Crippen molar-refractivity contribution in [1.29, 1.82) is 0 Å². The Labute approximate surface area is 159 Å². The Hall–Kier alpha value is -2.92. The van der Waals surface area contributed by atoms with Crippen molar-refractivity contribution < 1.29 is 14.3 Å². The Bertz CT molecular complexity index is 828. The van der Waals surface area contributed by atoms with Crippen molar-refractivity contribution in [3.8, 4) is 0 Å². The van der Waals surface area contributed by atoms with Gasteiger partial charge in [-0.15, -0.1) is 0 Å². The van der Waals surface area contributed by atoms with E-state index in [-0.39, 0.29) is 17.9 Å².